The van der Waals surface area contributed by atoms with Crippen LogP contribution in [0.5, 0.6) is 0 Å². The molecule has 6 nitrogen and oxygen atoms in total. The monoisotopic (exact) mass is 691 g/mol. The van der Waals surface area contributed by atoms with Gasteiger partial charge in [-0.3, -0.25) is 0 Å². The molecule has 4 aromatic heterocycles. The lowest BCUT2D eigenvalue weighted by Gasteiger charge is -2.11. The second-order valence-electron chi connectivity index (χ2n) is 13.4. The van der Waals surface area contributed by atoms with E-state index < -0.39 is 0 Å². The first-order valence-electron chi connectivity index (χ1n) is 18.0. The van der Waals surface area contributed by atoms with Crippen LogP contribution in [0.2, 0.25) is 0 Å². The minimum atomic E-state index is 0.599. The lowest BCUT2D eigenvalue weighted by molar-refractivity contribution is 0.672. The number of furan rings is 1. The Labute approximate surface area is 309 Å². The minimum absolute atomic E-state index is 0.599. The van der Waals surface area contributed by atoms with Gasteiger partial charge in [-0.25, -0.2) is 19.9 Å². The highest BCUT2D eigenvalue weighted by Gasteiger charge is 2.19. The number of para-hydroxylation sites is 4. The summed E-state index contributed by atoms with van der Waals surface area (Å²) >= 11 is 0. The average Bonchev–Trinajstić information content (AvgIpc) is 3.81. The van der Waals surface area contributed by atoms with Crippen LogP contribution in [-0.2, 0) is 0 Å². The Balaban J connectivity index is 1.02. The Kier molecular flexibility index (Phi) is 6.75. The van der Waals surface area contributed by atoms with E-state index in [9.17, 15) is 0 Å². The second kappa shape index (κ2) is 12.1. The number of pyridine rings is 1. The highest BCUT2D eigenvalue weighted by atomic mass is 16.3. The SMILES string of the molecule is c1ccc(-c2nc(-c3ccc(-c4nc5ccccc5c5oc6ccccc6c45)cc3)nc(-c3ccc(-n4c5ccccc5c5ccccc54)cc3)n2)cc1. The quantitative estimate of drug-likeness (QED) is 0.180. The summed E-state index contributed by atoms with van der Waals surface area (Å²) in [6.07, 6.45) is 0. The molecule has 0 radical (unpaired) electrons. The number of hydrogen-bond acceptors (Lipinski definition) is 5. The van der Waals surface area contributed by atoms with E-state index in [2.05, 4.69) is 114 Å². The maximum absolute atomic E-state index is 6.43. The number of benzene rings is 7. The first kappa shape index (κ1) is 30.2. The maximum Gasteiger partial charge on any atom is 0.164 e. The van der Waals surface area contributed by atoms with Gasteiger partial charge in [-0.2, -0.15) is 0 Å². The summed E-state index contributed by atoms with van der Waals surface area (Å²) in [6, 6.07) is 60.3. The van der Waals surface area contributed by atoms with Crippen molar-refractivity contribution < 1.29 is 4.42 Å². The van der Waals surface area contributed by atoms with Gasteiger partial charge in [0.15, 0.2) is 17.5 Å². The molecule has 0 fully saturated rings. The number of aromatic nitrogens is 5. The number of rotatable bonds is 5. The molecule has 252 valence electrons. The third-order valence-electron chi connectivity index (χ3n) is 10.3. The summed E-state index contributed by atoms with van der Waals surface area (Å²) in [5.74, 6) is 1.83. The third kappa shape index (κ3) is 4.81. The van der Waals surface area contributed by atoms with Gasteiger partial charge >= 0.3 is 0 Å². The first-order chi connectivity index (χ1) is 26.8. The normalized spacial score (nSPS) is 11.7. The first-order valence-corrected chi connectivity index (χ1v) is 18.0. The largest absolute Gasteiger partial charge is 0.455 e. The molecule has 0 amide bonds. The topological polar surface area (TPSA) is 69.6 Å². The van der Waals surface area contributed by atoms with Crippen LogP contribution in [0, 0.1) is 0 Å². The number of fused-ring (bicyclic) bond motifs is 8. The summed E-state index contributed by atoms with van der Waals surface area (Å²) < 4.78 is 8.74. The highest BCUT2D eigenvalue weighted by Crippen LogP contribution is 2.40. The van der Waals surface area contributed by atoms with Crippen molar-refractivity contribution >= 4 is 54.6 Å². The van der Waals surface area contributed by atoms with Crippen molar-refractivity contribution in [3.05, 3.63) is 176 Å². The van der Waals surface area contributed by atoms with Gasteiger partial charge in [0.2, 0.25) is 0 Å². The van der Waals surface area contributed by atoms with E-state index in [1.54, 1.807) is 0 Å². The van der Waals surface area contributed by atoms with Crippen LogP contribution in [0.1, 0.15) is 0 Å². The number of hydrogen-bond donors (Lipinski definition) is 0. The molecule has 0 saturated heterocycles. The zero-order valence-electron chi connectivity index (χ0n) is 28.9. The van der Waals surface area contributed by atoms with Gasteiger partial charge in [-0.05, 0) is 54.6 Å². The third-order valence-corrected chi connectivity index (χ3v) is 10.3. The Bertz CT molecular complexity index is 3150. The molecule has 0 spiro atoms. The molecule has 11 aromatic rings. The van der Waals surface area contributed by atoms with Gasteiger partial charge in [-0.1, -0.05) is 121 Å². The van der Waals surface area contributed by atoms with E-state index >= 15 is 0 Å². The second-order valence-corrected chi connectivity index (χ2v) is 13.4. The fourth-order valence-corrected chi connectivity index (χ4v) is 7.71. The molecule has 0 aliphatic carbocycles. The molecule has 6 heteroatoms. The van der Waals surface area contributed by atoms with Crippen LogP contribution in [-0.4, -0.2) is 24.5 Å². The van der Waals surface area contributed by atoms with Crippen LogP contribution >= 0.6 is 0 Å². The smallest absolute Gasteiger partial charge is 0.164 e. The summed E-state index contributed by atoms with van der Waals surface area (Å²) in [4.78, 5) is 20.2. The standard InChI is InChI=1S/C48H29N5O/c1-2-12-31(13-3-1)46-50-47(52-48(51-46)33-26-28-34(29-27-33)53-40-19-9-5-14-35(40)36-15-6-10-20-41(36)53)32-24-22-30(23-25-32)44-43-38-17-7-11-21-42(38)54-45(43)37-16-4-8-18-39(37)49-44/h1-29H. The van der Waals surface area contributed by atoms with Crippen LogP contribution < -0.4 is 0 Å². The lowest BCUT2D eigenvalue weighted by atomic mass is 10.0. The summed E-state index contributed by atoms with van der Waals surface area (Å²) in [5, 5.41) is 5.52. The Hall–Kier alpha value is -7.44. The van der Waals surface area contributed by atoms with Gasteiger partial charge in [0, 0.05) is 49.5 Å². The van der Waals surface area contributed by atoms with Crippen LogP contribution in [0.4, 0.5) is 0 Å². The van der Waals surface area contributed by atoms with Crippen molar-refractivity contribution in [2.24, 2.45) is 0 Å². The molecule has 7 aromatic carbocycles. The van der Waals surface area contributed by atoms with E-state index in [0.717, 1.165) is 66.5 Å². The Morgan fingerprint density at radius 2 is 0.852 bits per heavy atom. The lowest BCUT2D eigenvalue weighted by Crippen LogP contribution is -2.00. The van der Waals surface area contributed by atoms with Crippen LogP contribution in [0.25, 0.3) is 106 Å². The van der Waals surface area contributed by atoms with Gasteiger partial charge in [0.25, 0.3) is 0 Å². The zero-order valence-corrected chi connectivity index (χ0v) is 28.9. The molecule has 0 unspecified atom stereocenters. The molecule has 0 bridgehead atoms. The van der Waals surface area contributed by atoms with Crippen molar-refractivity contribution in [1.82, 2.24) is 24.5 Å². The van der Waals surface area contributed by atoms with Crippen molar-refractivity contribution in [1.29, 1.82) is 0 Å². The zero-order chi connectivity index (χ0) is 35.6. The summed E-state index contributed by atoms with van der Waals surface area (Å²) in [7, 11) is 0. The molecule has 11 rings (SSSR count). The van der Waals surface area contributed by atoms with Gasteiger partial charge in [0.1, 0.15) is 11.2 Å². The van der Waals surface area contributed by atoms with Gasteiger partial charge in [-0.15, -0.1) is 0 Å². The van der Waals surface area contributed by atoms with E-state index in [1.165, 1.54) is 21.8 Å². The molecule has 0 N–H and O–H groups in total. The fourth-order valence-electron chi connectivity index (χ4n) is 7.71. The number of nitrogens with zero attached hydrogens (tertiary/aromatic N) is 5. The van der Waals surface area contributed by atoms with E-state index in [1.807, 2.05) is 66.7 Å². The molecule has 0 aliphatic heterocycles. The molecule has 0 atom stereocenters. The van der Waals surface area contributed by atoms with Gasteiger partial charge < -0.3 is 8.98 Å². The van der Waals surface area contributed by atoms with Crippen molar-refractivity contribution in [3.63, 3.8) is 0 Å². The molecule has 4 heterocycles. The molecule has 0 saturated carbocycles. The van der Waals surface area contributed by atoms with Crippen LogP contribution in [0.15, 0.2) is 180 Å². The van der Waals surface area contributed by atoms with Gasteiger partial charge in [0.05, 0.1) is 27.6 Å². The van der Waals surface area contributed by atoms with Crippen molar-refractivity contribution in [2.45, 2.75) is 0 Å². The maximum atomic E-state index is 6.43. The van der Waals surface area contributed by atoms with E-state index in [0.29, 0.717) is 17.5 Å². The Morgan fingerprint density at radius 3 is 1.50 bits per heavy atom. The predicted molar refractivity (Wildman–Crippen MR) is 218 cm³/mol. The summed E-state index contributed by atoms with van der Waals surface area (Å²) in [5.41, 5.74) is 10.6. The molecule has 54 heavy (non-hydrogen) atoms. The Morgan fingerprint density at radius 1 is 0.370 bits per heavy atom. The average molecular weight is 692 g/mol. The highest BCUT2D eigenvalue weighted by molar-refractivity contribution is 6.19. The van der Waals surface area contributed by atoms with Crippen molar-refractivity contribution in [3.8, 4) is 51.1 Å². The van der Waals surface area contributed by atoms with E-state index in [-0.39, 0.29) is 0 Å². The minimum Gasteiger partial charge on any atom is -0.455 e. The molecule has 0 aliphatic rings. The van der Waals surface area contributed by atoms with Crippen molar-refractivity contribution in [2.75, 3.05) is 0 Å². The fraction of sp³-hybridized carbons (Fsp3) is 0. The predicted octanol–water partition coefficient (Wildman–Crippen LogP) is 12.1. The van der Waals surface area contributed by atoms with E-state index in [4.69, 9.17) is 24.4 Å². The van der Waals surface area contributed by atoms with Crippen LogP contribution in [0.3, 0.4) is 0 Å². The molecular weight excluding hydrogens is 663 g/mol. The summed E-state index contributed by atoms with van der Waals surface area (Å²) in [6.45, 7) is 0. The molecular formula is C48H29N5O.